The molecule has 5 heteroatoms. The van der Waals surface area contributed by atoms with Gasteiger partial charge in [-0.1, -0.05) is 11.6 Å². The first-order valence-electron chi connectivity index (χ1n) is 5.79. The molecule has 0 radical (unpaired) electrons. The van der Waals surface area contributed by atoms with E-state index in [2.05, 4.69) is 32.9 Å². The molecule has 0 bridgehead atoms. The molecule has 0 saturated heterocycles. The van der Waals surface area contributed by atoms with Crippen LogP contribution < -0.4 is 10.1 Å². The van der Waals surface area contributed by atoms with Crippen LogP contribution in [0, 0.1) is 10.5 Å². The number of halogens is 2. The minimum atomic E-state index is 0.648. The number of hydrogen-bond donors (Lipinski definition) is 1. The first-order valence-corrected chi connectivity index (χ1v) is 7.24. The highest BCUT2D eigenvalue weighted by Crippen LogP contribution is 2.23. The number of hydrogen-bond acceptors (Lipinski definition) is 3. The summed E-state index contributed by atoms with van der Waals surface area (Å²) >= 11 is 8.19. The SMILES string of the molecule is COc1cc(C)nc(CNc2ccc(Cl)cc2I)c1. The van der Waals surface area contributed by atoms with Gasteiger partial charge in [-0.3, -0.25) is 4.98 Å². The molecule has 2 aromatic rings. The van der Waals surface area contributed by atoms with E-state index in [0.717, 1.165) is 31.4 Å². The second kappa shape index (κ2) is 6.43. The number of rotatable bonds is 4. The molecule has 1 aromatic heterocycles. The van der Waals surface area contributed by atoms with E-state index in [1.54, 1.807) is 7.11 Å². The smallest absolute Gasteiger partial charge is 0.122 e. The summed E-state index contributed by atoms with van der Waals surface area (Å²) in [5.41, 5.74) is 2.94. The summed E-state index contributed by atoms with van der Waals surface area (Å²) in [4.78, 5) is 4.47. The third-order valence-corrected chi connectivity index (χ3v) is 3.73. The van der Waals surface area contributed by atoms with Crippen molar-refractivity contribution >= 4 is 39.9 Å². The van der Waals surface area contributed by atoms with Gasteiger partial charge < -0.3 is 10.1 Å². The number of anilines is 1. The molecule has 0 fully saturated rings. The van der Waals surface area contributed by atoms with E-state index in [4.69, 9.17) is 16.3 Å². The van der Waals surface area contributed by atoms with Crippen molar-refractivity contribution in [2.24, 2.45) is 0 Å². The van der Waals surface area contributed by atoms with Gasteiger partial charge in [-0.25, -0.2) is 0 Å². The van der Waals surface area contributed by atoms with Gasteiger partial charge in [0.25, 0.3) is 0 Å². The largest absolute Gasteiger partial charge is 0.497 e. The molecule has 19 heavy (non-hydrogen) atoms. The van der Waals surface area contributed by atoms with Crippen LogP contribution in [0.5, 0.6) is 5.75 Å². The second-order valence-electron chi connectivity index (χ2n) is 4.12. The lowest BCUT2D eigenvalue weighted by Crippen LogP contribution is -2.04. The lowest BCUT2D eigenvalue weighted by Gasteiger charge is -2.10. The Kier molecular flexibility index (Phi) is 4.87. The molecule has 3 nitrogen and oxygen atoms in total. The molecule has 1 aromatic carbocycles. The third-order valence-electron chi connectivity index (χ3n) is 2.61. The van der Waals surface area contributed by atoms with E-state index in [-0.39, 0.29) is 0 Å². The number of benzene rings is 1. The zero-order valence-corrected chi connectivity index (χ0v) is 13.6. The maximum atomic E-state index is 5.93. The van der Waals surface area contributed by atoms with Crippen LogP contribution >= 0.6 is 34.2 Å². The van der Waals surface area contributed by atoms with Gasteiger partial charge in [0.15, 0.2) is 0 Å². The van der Waals surface area contributed by atoms with E-state index in [9.17, 15) is 0 Å². The van der Waals surface area contributed by atoms with Gasteiger partial charge in [-0.05, 0) is 47.7 Å². The zero-order chi connectivity index (χ0) is 13.8. The third kappa shape index (κ3) is 3.98. The molecule has 0 spiro atoms. The van der Waals surface area contributed by atoms with Gasteiger partial charge in [0.1, 0.15) is 5.75 Å². The van der Waals surface area contributed by atoms with Crippen LogP contribution in [0.15, 0.2) is 30.3 Å². The van der Waals surface area contributed by atoms with Gasteiger partial charge in [-0.15, -0.1) is 0 Å². The average molecular weight is 389 g/mol. The number of ether oxygens (including phenoxy) is 1. The van der Waals surface area contributed by atoms with Crippen molar-refractivity contribution in [2.45, 2.75) is 13.5 Å². The summed E-state index contributed by atoms with van der Waals surface area (Å²) < 4.78 is 6.33. The summed E-state index contributed by atoms with van der Waals surface area (Å²) in [6, 6.07) is 9.61. The van der Waals surface area contributed by atoms with Crippen molar-refractivity contribution in [3.63, 3.8) is 0 Å². The fourth-order valence-electron chi connectivity index (χ4n) is 1.73. The second-order valence-corrected chi connectivity index (χ2v) is 5.72. The molecular weight excluding hydrogens is 375 g/mol. The Morgan fingerprint density at radius 3 is 2.79 bits per heavy atom. The Morgan fingerprint density at radius 2 is 2.11 bits per heavy atom. The first-order chi connectivity index (χ1) is 9.08. The Balaban J connectivity index is 2.12. The van der Waals surface area contributed by atoms with Gasteiger partial charge in [0, 0.05) is 32.1 Å². The zero-order valence-electron chi connectivity index (χ0n) is 10.7. The van der Waals surface area contributed by atoms with Crippen LogP contribution in [0.3, 0.4) is 0 Å². The number of nitrogens with zero attached hydrogens (tertiary/aromatic N) is 1. The van der Waals surface area contributed by atoms with Crippen molar-refractivity contribution < 1.29 is 4.74 Å². The normalized spacial score (nSPS) is 10.3. The molecule has 100 valence electrons. The van der Waals surface area contributed by atoms with Crippen molar-refractivity contribution in [2.75, 3.05) is 12.4 Å². The Bertz CT molecular complexity index is 590. The van der Waals surface area contributed by atoms with Crippen LogP contribution in [0.2, 0.25) is 5.02 Å². The minimum Gasteiger partial charge on any atom is -0.497 e. The first kappa shape index (κ1) is 14.4. The standard InChI is InChI=1S/C14H14ClIN2O/c1-9-5-12(19-2)7-11(18-9)8-17-14-4-3-10(15)6-13(14)16/h3-7,17H,8H2,1-2H3. The molecule has 1 heterocycles. The van der Waals surface area contributed by atoms with Gasteiger partial charge in [0.05, 0.1) is 19.3 Å². The van der Waals surface area contributed by atoms with Crippen LogP contribution in [-0.4, -0.2) is 12.1 Å². The molecule has 0 aliphatic heterocycles. The summed E-state index contributed by atoms with van der Waals surface area (Å²) in [5.74, 6) is 0.829. The van der Waals surface area contributed by atoms with E-state index in [1.807, 2.05) is 37.3 Å². The summed E-state index contributed by atoms with van der Waals surface area (Å²) in [6.45, 7) is 2.60. The van der Waals surface area contributed by atoms with E-state index in [0.29, 0.717) is 6.54 Å². The quantitative estimate of drug-likeness (QED) is 0.794. The van der Waals surface area contributed by atoms with E-state index in [1.165, 1.54) is 0 Å². The maximum Gasteiger partial charge on any atom is 0.122 e. The Labute approximate surface area is 131 Å². The minimum absolute atomic E-state index is 0.648. The van der Waals surface area contributed by atoms with E-state index >= 15 is 0 Å². The van der Waals surface area contributed by atoms with Crippen LogP contribution in [-0.2, 0) is 6.54 Å². The Hall–Kier alpha value is -1.01. The van der Waals surface area contributed by atoms with Crippen molar-refractivity contribution in [1.82, 2.24) is 4.98 Å². The molecule has 0 unspecified atom stereocenters. The molecule has 2 rings (SSSR count). The fraction of sp³-hybridized carbons (Fsp3) is 0.214. The highest BCUT2D eigenvalue weighted by Gasteiger charge is 2.03. The van der Waals surface area contributed by atoms with Gasteiger partial charge in [-0.2, -0.15) is 0 Å². The van der Waals surface area contributed by atoms with Gasteiger partial charge in [0.2, 0.25) is 0 Å². The summed E-state index contributed by atoms with van der Waals surface area (Å²) in [7, 11) is 1.66. The monoisotopic (exact) mass is 388 g/mol. The summed E-state index contributed by atoms with van der Waals surface area (Å²) in [5, 5.41) is 4.09. The molecule has 0 saturated carbocycles. The van der Waals surface area contributed by atoms with Crippen LogP contribution in [0.4, 0.5) is 5.69 Å². The average Bonchev–Trinajstić information content (AvgIpc) is 2.37. The van der Waals surface area contributed by atoms with Crippen molar-refractivity contribution in [3.05, 3.63) is 50.3 Å². The predicted molar refractivity (Wildman–Crippen MR) is 87.0 cm³/mol. The van der Waals surface area contributed by atoms with Crippen LogP contribution in [0.1, 0.15) is 11.4 Å². The molecule has 0 amide bonds. The van der Waals surface area contributed by atoms with Crippen LogP contribution in [0.25, 0.3) is 0 Å². The van der Waals surface area contributed by atoms with Gasteiger partial charge >= 0.3 is 0 Å². The maximum absolute atomic E-state index is 5.93. The van der Waals surface area contributed by atoms with E-state index < -0.39 is 0 Å². The van der Waals surface area contributed by atoms with Crippen molar-refractivity contribution in [1.29, 1.82) is 0 Å². The number of aryl methyl sites for hydroxylation is 1. The molecular formula is C14H14ClIN2O. The lowest BCUT2D eigenvalue weighted by molar-refractivity contribution is 0.413. The van der Waals surface area contributed by atoms with Crippen molar-refractivity contribution in [3.8, 4) is 5.75 Å². The number of nitrogens with one attached hydrogen (secondary N) is 1. The number of methoxy groups -OCH3 is 1. The molecule has 0 aliphatic carbocycles. The summed E-state index contributed by atoms with van der Waals surface area (Å²) in [6.07, 6.45) is 0. The number of aromatic nitrogens is 1. The number of pyridine rings is 1. The predicted octanol–water partition coefficient (Wildman–Crippen LogP) is 4.27. The topological polar surface area (TPSA) is 34.1 Å². The molecule has 0 aliphatic rings. The molecule has 0 atom stereocenters. The Morgan fingerprint density at radius 1 is 1.32 bits per heavy atom. The lowest BCUT2D eigenvalue weighted by atomic mass is 10.2. The highest BCUT2D eigenvalue weighted by atomic mass is 127. The fourth-order valence-corrected chi connectivity index (χ4v) is 2.79. The molecule has 1 N–H and O–H groups in total. The highest BCUT2D eigenvalue weighted by molar-refractivity contribution is 14.1.